The van der Waals surface area contributed by atoms with Crippen molar-refractivity contribution in [2.45, 2.75) is 58.2 Å². The molecular weight excluding hydrogens is 248 g/mol. The number of rotatable bonds is 5. The third-order valence-corrected chi connectivity index (χ3v) is 4.42. The fourth-order valence-corrected chi connectivity index (χ4v) is 3.08. The average Bonchev–Trinajstić information content (AvgIpc) is 2.46. The van der Waals surface area contributed by atoms with E-state index >= 15 is 0 Å². The van der Waals surface area contributed by atoms with Crippen molar-refractivity contribution in [1.29, 1.82) is 0 Å². The second-order valence-electron chi connectivity index (χ2n) is 6.09. The number of nitrogens with zero attached hydrogens (tertiary/aromatic N) is 1. The molecule has 0 amide bonds. The minimum Gasteiger partial charge on any atom is -0.508 e. The lowest BCUT2D eigenvalue weighted by Gasteiger charge is -2.36. The second-order valence-corrected chi connectivity index (χ2v) is 6.09. The van der Waals surface area contributed by atoms with Gasteiger partial charge in [0, 0.05) is 23.7 Å². The van der Waals surface area contributed by atoms with Crippen LogP contribution in [0.3, 0.4) is 0 Å². The van der Waals surface area contributed by atoms with E-state index in [1.165, 1.54) is 25.9 Å². The van der Waals surface area contributed by atoms with Crippen LogP contribution >= 0.6 is 0 Å². The summed E-state index contributed by atoms with van der Waals surface area (Å²) in [5, 5.41) is 13.7. The minimum absolute atomic E-state index is 0.256. The van der Waals surface area contributed by atoms with Crippen LogP contribution in [0.25, 0.3) is 0 Å². The van der Waals surface area contributed by atoms with Crippen LogP contribution in [0.2, 0.25) is 0 Å². The number of benzene rings is 1. The fourth-order valence-electron chi connectivity index (χ4n) is 3.08. The van der Waals surface area contributed by atoms with E-state index in [2.05, 4.69) is 31.0 Å². The molecule has 0 spiro atoms. The molecule has 1 aliphatic heterocycles. The van der Waals surface area contributed by atoms with Crippen molar-refractivity contribution in [2.24, 2.45) is 0 Å². The van der Waals surface area contributed by atoms with E-state index < -0.39 is 0 Å². The third kappa shape index (κ3) is 3.74. The van der Waals surface area contributed by atoms with Gasteiger partial charge in [0.2, 0.25) is 0 Å². The van der Waals surface area contributed by atoms with Crippen LogP contribution in [-0.4, -0.2) is 35.2 Å². The van der Waals surface area contributed by atoms with E-state index in [9.17, 15) is 5.11 Å². The monoisotopic (exact) mass is 276 g/mol. The van der Waals surface area contributed by atoms with E-state index in [1.807, 2.05) is 18.2 Å². The quantitative estimate of drug-likeness (QED) is 0.866. The Morgan fingerprint density at radius 3 is 2.45 bits per heavy atom. The maximum absolute atomic E-state index is 10.0. The molecule has 1 fully saturated rings. The Kier molecular flexibility index (Phi) is 5.44. The van der Waals surface area contributed by atoms with Crippen LogP contribution in [0.4, 0.5) is 0 Å². The molecule has 3 heteroatoms. The highest BCUT2D eigenvalue weighted by molar-refractivity contribution is 5.34. The normalized spacial score (nSPS) is 19.4. The zero-order chi connectivity index (χ0) is 14.5. The number of piperidine rings is 1. The molecule has 1 heterocycles. The summed E-state index contributed by atoms with van der Waals surface area (Å²) in [6.45, 7) is 9.06. The molecule has 1 unspecified atom stereocenters. The van der Waals surface area contributed by atoms with Crippen molar-refractivity contribution < 1.29 is 5.11 Å². The van der Waals surface area contributed by atoms with E-state index in [0.717, 1.165) is 12.0 Å². The Morgan fingerprint density at radius 2 is 1.90 bits per heavy atom. The molecule has 2 rings (SSSR count). The summed E-state index contributed by atoms with van der Waals surface area (Å²) in [5.74, 6) is 0.409. The number of phenolic OH excluding ortho intramolecular Hbond substituents is 1. The van der Waals surface area contributed by atoms with Gasteiger partial charge in [-0.1, -0.05) is 25.1 Å². The smallest absolute Gasteiger partial charge is 0.120 e. The van der Waals surface area contributed by atoms with Crippen LogP contribution < -0.4 is 5.32 Å². The largest absolute Gasteiger partial charge is 0.508 e. The standard InChI is InChI=1S/C17H28N2O/c1-4-16(15-7-5-6-8-17(15)20)18-14-9-11-19(12-10-14)13(2)3/h5-8,13-14,16,18,20H,4,9-12H2,1-3H3. The highest BCUT2D eigenvalue weighted by atomic mass is 16.3. The molecule has 1 aliphatic rings. The van der Waals surface area contributed by atoms with Crippen LogP contribution in [0.5, 0.6) is 5.75 Å². The highest BCUT2D eigenvalue weighted by Crippen LogP contribution is 2.27. The summed E-state index contributed by atoms with van der Waals surface area (Å²) < 4.78 is 0. The van der Waals surface area contributed by atoms with Crippen molar-refractivity contribution in [2.75, 3.05) is 13.1 Å². The summed E-state index contributed by atoms with van der Waals surface area (Å²) in [5.41, 5.74) is 1.03. The number of aromatic hydroxyl groups is 1. The first kappa shape index (κ1) is 15.3. The molecule has 112 valence electrons. The van der Waals surface area contributed by atoms with Crippen molar-refractivity contribution in [3.05, 3.63) is 29.8 Å². The minimum atomic E-state index is 0.256. The Bertz CT molecular complexity index is 411. The molecule has 2 N–H and O–H groups in total. The van der Waals surface area contributed by atoms with E-state index in [-0.39, 0.29) is 6.04 Å². The molecule has 3 nitrogen and oxygen atoms in total. The van der Waals surface area contributed by atoms with E-state index in [0.29, 0.717) is 17.8 Å². The maximum Gasteiger partial charge on any atom is 0.120 e. The van der Waals surface area contributed by atoms with Crippen LogP contribution in [0, 0.1) is 0 Å². The maximum atomic E-state index is 10.0. The van der Waals surface area contributed by atoms with Gasteiger partial charge in [0.15, 0.2) is 0 Å². The summed E-state index contributed by atoms with van der Waals surface area (Å²) in [6.07, 6.45) is 3.40. The Hall–Kier alpha value is -1.06. The van der Waals surface area contributed by atoms with Gasteiger partial charge in [-0.15, -0.1) is 0 Å². The zero-order valence-corrected chi connectivity index (χ0v) is 13.0. The lowest BCUT2D eigenvalue weighted by Crippen LogP contribution is -2.45. The second kappa shape index (κ2) is 7.09. The molecule has 1 saturated heterocycles. The van der Waals surface area contributed by atoms with E-state index in [1.54, 1.807) is 6.07 Å². The topological polar surface area (TPSA) is 35.5 Å². The molecular formula is C17H28N2O. The van der Waals surface area contributed by atoms with Gasteiger partial charge >= 0.3 is 0 Å². The third-order valence-electron chi connectivity index (χ3n) is 4.42. The van der Waals surface area contributed by atoms with Gasteiger partial charge < -0.3 is 15.3 Å². The van der Waals surface area contributed by atoms with Crippen LogP contribution in [0.1, 0.15) is 51.6 Å². The van der Waals surface area contributed by atoms with Gasteiger partial charge in [-0.2, -0.15) is 0 Å². The van der Waals surface area contributed by atoms with Crippen LogP contribution in [0.15, 0.2) is 24.3 Å². The van der Waals surface area contributed by atoms with Gasteiger partial charge in [-0.3, -0.25) is 0 Å². The van der Waals surface area contributed by atoms with Crippen molar-refractivity contribution in [1.82, 2.24) is 10.2 Å². The lowest BCUT2D eigenvalue weighted by molar-refractivity contribution is 0.155. The summed E-state index contributed by atoms with van der Waals surface area (Å²) >= 11 is 0. The molecule has 1 aromatic rings. The molecule has 1 aromatic carbocycles. The molecule has 0 radical (unpaired) electrons. The summed E-state index contributed by atoms with van der Waals surface area (Å²) in [6, 6.07) is 9.16. The number of nitrogens with one attached hydrogen (secondary N) is 1. The van der Waals surface area contributed by atoms with Crippen molar-refractivity contribution >= 4 is 0 Å². The number of phenols is 1. The highest BCUT2D eigenvalue weighted by Gasteiger charge is 2.23. The van der Waals surface area contributed by atoms with Gasteiger partial charge in [0.1, 0.15) is 5.75 Å². The number of likely N-dealkylation sites (tertiary alicyclic amines) is 1. The molecule has 0 aromatic heterocycles. The van der Waals surface area contributed by atoms with Crippen LogP contribution in [-0.2, 0) is 0 Å². The predicted octanol–water partition coefficient (Wildman–Crippen LogP) is 3.31. The molecule has 20 heavy (non-hydrogen) atoms. The zero-order valence-electron chi connectivity index (χ0n) is 13.0. The number of hydrogen-bond acceptors (Lipinski definition) is 3. The van der Waals surface area contributed by atoms with E-state index in [4.69, 9.17) is 0 Å². The van der Waals surface area contributed by atoms with Gasteiger partial charge in [-0.25, -0.2) is 0 Å². The van der Waals surface area contributed by atoms with Gasteiger partial charge in [0.05, 0.1) is 0 Å². The number of hydrogen-bond donors (Lipinski definition) is 2. The molecule has 0 aliphatic carbocycles. The Labute approximate surface area is 123 Å². The predicted molar refractivity (Wildman–Crippen MR) is 84.0 cm³/mol. The summed E-state index contributed by atoms with van der Waals surface area (Å²) in [7, 11) is 0. The fraction of sp³-hybridized carbons (Fsp3) is 0.647. The van der Waals surface area contributed by atoms with Gasteiger partial charge in [-0.05, 0) is 52.3 Å². The van der Waals surface area contributed by atoms with Crippen molar-refractivity contribution in [3.63, 3.8) is 0 Å². The molecule has 0 saturated carbocycles. The molecule has 1 atom stereocenters. The first-order chi connectivity index (χ1) is 9.61. The van der Waals surface area contributed by atoms with Crippen molar-refractivity contribution in [3.8, 4) is 5.75 Å². The Balaban J connectivity index is 1.93. The first-order valence-electron chi connectivity index (χ1n) is 7.89. The first-order valence-corrected chi connectivity index (χ1v) is 7.89. The average molecular weight is 276 g/mol. The molecule has 0 bridgehead atoms. The Morgan fingerprint density at radius 1 is 1.25 bits per heavy atom. The SMILES string of the molecule is CCC(NC1CCN(C(C)C)CC1)c1ccccc1O. The summed E-state index contributed by atoms with van der Waals surface area (Å²) in [4.78, 5) is 2.54. The lowest BCUT2D eigenvalue weighted by atomic mass is 9.98. The van der Waals surface area contributed by atoms with Gasteiger partial charge in [0.25, 0.3) is 0 Å². The number of para-hydroxylation sites is 1.